The highest BCUT2D eigenvalue weighted by molar-refractivity contribution is 5.82. The zero-order valence-electron chi connectivity index (χ0n) is 9.57. The summed E-state index contributed by atoms with van der Waals surface area (Å²) < 4.78 is 0. The summed E-state index contributed by atoms with van der Waals surface area (Å²) >= 11 is 0. The van der Waals surface area contributed by atoms with E-state index in [4.69, 9.17) is 0 Å². The van der Waals surface area contributed by atoms with Crippen LogP contribution in [0.3, 0.4) is 0 Å². The molecule has 0 spiro atoms. The molecule has 15 heavy (non-hydrogen) atoms. The maximum absolute atomic E-state index is 9.26. The van der Waals surface area contributed by atoms with Crippen molar-refractivity contribution in [3.8, 4) is 0 Å². The minimum absolute atomic E-state index is 0.118. The predicted molar refractivity (Wildman–Crippen MR) is 60.5 cm³/mol. The molecule has 0 amide bonds. The van der Waals surface area contributed by atoms with Crippen molar-refractivity contribution in [3.63, 3.8) is 0 Å². The lowest BCUT2D eigenvalue weighted by Gasteiger charge is -2.40. The summed E-state index contributed by atoms with van der Waals surface area (Å²) in [6.45, 7) is 7.80. The molecule has 84 valence electrons. The molecular formula is C11H19N3O. The van der Waals surface area contributed by atoms with Crippen molar-refractivity contribution >= 4 is 5.84 Å². The number of hydrogen-bond acceptors (Lipinski definition) is 4. The van der Waals surface area contributed by atoms with Gasteiger partial charge < -0.3 is 10.4 Å². The average molecular weight is 209 g/mol. The van der Waals surface area contributed by atoms with Gasteiger partial charge in [-0.15, -0.1) is 0 Å². The molecule has 1 unspecified atom stereocenters. The number of aliphatic imine (C=N–C) groups is 1. The molecule has 1 fully saturated rings. The van der Waals surface area contributed by atoms with Crippen LogP contribution in [0.5, 0.6) is 0 Å². The number of allylic oxidation sites excluding steroid dienone is 1. The lowest BCUT2D eigenvalue weighted by molar-refractivity contribution is -0.0125. The molecule has 0 radical (unpaired) electrons. The van der Waals surface area contributed by atoms with E-state index in [0.717, 1.165) is 18.9 Å². The highest BCUT2D eigenvalue weighted by atomic mass is 16.3. The van der Waals surface area contributed by atoms with E-state index in [-0.39, 0.29) is 12.3 Å². The summed E-state index contributed by atoms with van der Waals surface area (Å²) in [7, 11) is 0. The lowest BCUT2D eigenvalue weighted by atomic mass is 10.1. The zero-order valence-corrected chi connectivity index (χ0v) is 9.57. The predicted octanol–water partition coefficient (Wildman–Crippen LogP) is 0.550. The number of nitrogens with one attached hydrogen (secondary N) is 1. The van der Waals surface area contributed by atoms with E-state index < -0.39 is 0 Å². The Kier molecular flexibility index (Phi) is 2.80. The lowest BCUT2D eigenvalue weighted by Crippen LogP contribution is -2.55. The number of amidine groups is 1. The highest BCUT2D eigenvalue weighted by Crippen LogP contribution is 2.20. The van der Waals surface area contributed by atoms with E-state index in [1.807, 2.05) is 6.92 Å². The third-order valence-electron chi connectivity index (χ3n) is 2.87. The zero-order chi connectivity index (χ0) is 11.0. The van der Waals surface area contributed by atoms with Crippen LogP contribution in [0.15, 0.2) is 16.8 Å². The van der Waals surface area contributed by atoms with Gasteiger partial charge in [-0.3, -0.25) is 4.90 Å². The van der Waals surface area contributed by atoms with Gasteiger partial charge in [0.2, 0.25) is 0 Å². The molecule has 2 heterocycles. The smallest absolute Gasteiger partial charge is 0.125 e. The molecule has 2 N–H and O–H groups in total. The Hall–Kier alpha value is -0.870. The second-order valence-corrected chi connectivity index (χ2v) is 4.64. The van der Waals surface area contributed by atoms with E-state index >= 15 is 0 Å². The maximum Gasteiger partial charge on any atom is 0.125 e. The topological polar surface area (TPSA) is 47.9 Å². The van der Waals surface area contributed by atoms with Gasteiger partial charge in [-0.05, 0) is 18.9 Å². The Morgan fingerprint density at radius 3 is 2.73 bits per heavy atom. The van der Waals surface area contributed by atoms with Crippen LogP contribution in [0, 0.1) is 5.92 Å². The first-order valence-corrected chi connectivity index (χ1v) is 5.51. The molecule has 2 aliphatic heterocycles. The number of likely N-dealkylation sites (tertiary alicyclic amines) is 1. The van der Waals surface area contributed by atoms with Gasteiger partial charge in [0, 0.05) is 18.8 Å². The van der Waals surface area contributed by atoms with Crippen LogP contribution in [-0.2, 0) is 0 Å². The standard InChI is InChI=1S/C11H19N3O/c1-7(2)10-4-11(13-8(3)12-10)14-5-9(15)6-14/h4,7,9,11,15H,5-6H2,1-3H3,(H,12,13). The minimum Gasteiger partial charge on any atom is -0.390 e. The third-order valence-corrected chi connectivity index (χ3v) is 2.87. The van der Waals surface area contributed by atoms with Crippen LogP contribution in [0.4, 0.5) is 0 Å². The Morgan fingerprint density at radius 2 is 2.20 bits per heavy atom. The summed E-state index contributed by atoms with van der Waals surface area (Å²) in [6.07, 6.45) is 2.11. The van der Waals surface area contributed by atoms with Gasteiger partial charge in [-0.2, -0.15) is 0 Å². The fraction of sp³-hybridized carbons (Fsp3) is 0.727. The Bertz CT molecular complexity index is 303. The Balaban J connectivity index is 2.07. The average Bonchev–Trinajstić information content (AvgIpc) is 2.12. The number of aliphatic hydroxyl groups is 1. The van der Waals surface area contributed by atoms with Crippen molar-refractivity contribution in [2.45, 2.75) is 33.0 Å². The molecule has 0 aromatic carbocycles. The summed E-state index contributed by atoms with van der Waals surface area (Å²) in [4.78, 5) is 6.69. The molecule has 0 aliphatic carbocycles. The van der Waals surface area contributed by atoms with Gasteiger partial charge >= 0.3 is 0 Å². The Labute approximate surface area is 90.7 Å². The van der Waals surface area contributed by atoms with Crippen LogP contribution < -0.4 is 5.32 Å². The van der Waals surface area contributed by atoms with Crippen molar-refractivity contribution in [1.82, 2.24) is 10.2 Å². The first kappa shape index (κ1) is 10.6. The summed E-state index contributed by atoms with van der Waals surface area (Å²) in [5.41, 5.74) is 1.23. The minimum atomic E-state index is -0.161. The van der Waals surface area contributed by atoms with Crippen molar-refractivity contribution in [2.24, 2.45) is 10.9 Å². The fourth-order valence-electron chi connectivity index (χ4n) is 1.91. The number of β-amino-alcohol motifs (C(OH)–C–C–N with tert-alkyl or cyclic N) is 1. The van der Waals surface area contributed by atoms with E-state index in [1.165, 1.54) is 5.70 Å². The van der Waals surface area contributed by atoms with Crippen molar-refractivity contribution in [3.05, 3.63) is 11.8 Å². The monoisotopic (exact) mass is 209 g/mol. The molecule has 1 atom stereocenters. The van der Waals surface area contributed by atoms with E-state index in [0.29, 0.717) is 5.92 Å². The molecule has 2 rings (SSSR count). The largest absolute Gasteiger partial charge is 0.390 e. The Morgan fingerprint density at radius 1 is 1.53 bits per heavy atom. The number of rotatable bonds is 2. The highest BCUT2D eigenvalue weighted by Gasteiger charge is 2.31. The van der Waals surface area contributed by atoms with Gasteiger partial charge in [0.15, 0.2) is 0 Å². The molecule has 0 saturated carbocycles. The van der Waals surface area contributed by atoms with E-state index in [2.05, 4.69) is 35.1 Å². The van der Waals surface area contributed by atoms with Crippen LogP contribution in [0.2, 0.25) is 0 Å². The van der Waals surface area contributed by atoms with Crippen LogP contribution >= 0.6 is 0 Å². The molecule has 4 nitrogen and oxygen atoms in total. The van der Waals surface area contributed by atoms with Gasteiger partial charge in [0.05, 0.1) is 11.9 Å². The first-order valence-electron chi connectivity index (χ1n) is 5.51. The van der Waals surface area contributed by atoms with Crippen LogP contribution in [-0.4, -0.2) is 41.2 Å². The van der Waals surface area contributed by atoms with E-state index in [9.17, 15) is 5.11 Å². The molecule has 2 aliphatic rings. The van der Waals surface area contributed by atoms with Gasteiger partial charge in [-0.1, -0.05) is 13.8 Å². The SMILES string of the molecule is CC1=NC(N2CC(O)C2)C=C(C(C)C)N1. The molecular weight excluding hydrogens is 190 g/mol. The first-order chi connectivity index (χ1) is 7.06. The molecule has 0 aromatic rings. The maximum atomic E-state index is 9.26. The van der Waals surface area contributed by atoms with Crippen molar-refractivity contribution in [2.75, 3.05) is 13.1 Å². The summed E-state index contributed by atoms with van der Waals surface area (Å²) in [6, 6.07) is 0. The van der Waals surface area contributed by atoms with Gasteiger partial charge in [0.1, 0.15) is 6.17 Å². The van der Waals surface area contributed by atoms with Crippen molar-refractivity contribution < 1.29 is 5.11 Å². The fourth-order valence-corrected chi connectivity index (χ4v) is 1.91. The number of nitrogens with zero attached hydrogens (tertiary/aromatic N) is 2. The summed E-state index contributed by atoms with van der Waals surface area (Å²) in [5.74, 6) is 1.46. The normalized spacial score (nSPS) is 28.2. The molecule has 0 aromatic heterocycles. The van der Waals surface area contributed by atoms with Gasteiger partial charge in [-0.25, -0.2) is 4.99 Å². The number of hydrogen-bond donors (Lipinski definition) is 2. The quantitative estimate of drug-likeness (QED) is 0.698. The van der Waals surface area contributed by atoms with Crippen LogP contribution in [0.1, 0.15) is 20.8 Å². The number of aliphatic hydroxyl groups excluding tert-OH is 1. The van der Waals surface area contributed by atoms with Crippen molar-refractivity contribution in [1.29, 1.82) is 0 Å². The van der Waals surface area contributed by atoms with Crippen LogP contribution in [0.25, 0.3) is 0 Å². The second kappa shape index (κ2) is 3.94. The second-order valence-electron chi connectivity index (χ2n) is 4.64. The van der Waals surface area contributed by atoms with Gasteiger partial charge in [0.25, 0.3) is 0 Å². The molecule has 0 bridgehead atoms. The van der Waals surface area contributed by atoms with E-state index in [1.54, 1.807) is 0 Å². The molecule has 1 saturated heterocycles. The summed E-state index contributed by atoms with van der Waals surface area (Å²) in [5, 5.41) is 12.5. The third kappa shape index (κ3) is 2.21. The molecule has 4 heteroatoms.